The molecule has 0 aliphatic carbocycles. The molecule has 0 bridgehead atoms. The normalized spacial score (nSPS) is 19.0. The fraction of sp³-hybridized carbons (Fsp3) is 0.611. The van der Waals surface area contributed by atoms with E-state index in [1.165, 1.54) is 5.56 Å². The molecular formula is C18H27NO3. The third kappa shape index (κ3) is 5.68. The Labute approximate surface area is 133 Å². The van der Waals surface area contributed by atoms with Gasteiger partial charge in [0.15, 0.2) is 0 Å². The molecule has 1 aromatic rings. The van der Waals surface area contributed by atoms with Gasteiger partial charge >= 0.3 is 6.09 Å². The topological polar surface area (TPSA) is 38.8 Å². The first-order valence-electron chi connectivity index (χ1n) is 8.03. The van der Waals surface area contributed by atoms with E-state index >= 15 is 0 Å². The molecule has 1 amide bonds. The number of nitrogens with zero attached hydrogens (tertiary/aromatic N) is 1. The first-order chi connectivity index (χ1) is 10.4. The minimum atomic E-state index is -0.437. The summed E-state index contributed by atoms with van der Waals surface area (Å²) in [6.07, 6.45) is 1.91. The van der Waals surface area contributed by atoms with Crippen molar-refractivity contribution in [2.75, 3.05) is 19.7 Å². The van der Waals surface area contributed by atoms with Crippen molar-refractivity contribution in [1.82, 2.24) is 4.90 Å². The van der Waals surface area contributed by atoms with Crippen LogP contribution in [0.3, 0.4) is 0 Å². The number of piperidine rings is 1. The molecule has 0 spiro atoms. The molecule has 1 saturated heterocycles. The monoisotopic (exact) mass is 305 g/mol. The molecule has 1 aliphatic heterocycles. The molecule has 122 valence electrons. The smallest absolute Gasteiger partial charge is 0.410 e. The second-order valence-electron chi connectivity index (χ2n) is 6.94. The standard InChI is InChI=1S/C18H27NO3/c1-18(2,3)22-17(20)19-11-7-10-16(12-19)14-21-13-15-8-5-4-6-9-15/h4-6,8-9,16H,7,10-14H2,1-3H3/t16-/m1/s1. The summed E-state index contributed by atoms with van der Waals surface area (Å²) in [5.41, 5.74) is 0.746. The molecule has 1 aromatic carbocycles. The lowest BCUT2D eigenvalue weighted by Gasteiger charge is -2.34. The van der Waals surface area contributed by atoms with Crippen LogP contribution in [-0.4, -0.2) is 36.3 Å². The molecule has 2 rings (SSSR count). The molecule has 0 N–H and O–H groups in total. The molecule has 0 saturated carbocycles. The average Bonchev–Trinajstić information content (AvgIpc) is 2.47. The van der Waals surface area contributed by atoms with Gasteiger partial charge in [0.2, 0.25) is 0 Å². The Morgan fingerprint density at radius 3 is 2.68 bits per heavy atom. The van der Waals surface area contributed by atoms with Gasteiger partial charge in [-0.15, -0.1) is 0 Å². The number of carbonyl (C=O) groups is 1. The number of benzene rings is 1. The largest absolute Gasteiger partial charge is 0.444 e. The van der Waals surface area contributed by atoms with E-state index in [0.29, 0.717) is 19.1 Å². The van der Waals surface area contributed by atoms with Crippen molar-refractivity contribution in [2.45, 2.75) is 45.8 Å². The molecule has 1 aliphatic rings. The van der Waals surface area contributed by atoms with Crippen molar-refractivity contribution in [3.05, 3.63) is 35.9 Å². The van der Waals surface area contributed by atoms with Crippen molar-refractivity contribution in [3.63, 3.8) is 0 Å². The number of hydrogen-bond donors (Lipinski definition) is 0. The van der Waals surface area contributed by atoms with Crippen LogP contribution in [0.4, 0.5) is 4.79 Å². The summed E-state index contributed by atoms with van der Waals surface area (Å²) in [6, 6.07) is 10.2. The fourth-order valence-electron chi connectivity index (χ4n) is 2.61. The Balaban J connectivity index is 1.75. The van der Waals surface area contributed by atoms with Crippen LogP contribution in [0.5, 0.6) is 0 Å². The third-order valence-corrected chi connectivity index (χ3v) is 3.64. The van der Waals surface area contributed by atoms with Gasteiger partial charge in [-0.1, -0.05) is 30.3 Å². The van der Waals surface area contributed by atoms with E-state index in [-0.39, 0.29) is 6.09 Å². The maximum absolute atomic E-state index is 12.1. The van der Waals surface area contributed by atoms with Crippen LogP contribution in [-0.2, 0) is 16.1 Å². The van der Waals surface area contributed by atoms with Crippen LogP contribution in [0.15, 0.2) is 30.3 Å². The van der Waals surface area contributed by atoms with Crippen LogP contribution >= 0.6 is 0 Å². The molecular weight excluding hydrogens is 278 g/mol. The van der Waals surface area contributed by atoms with Gasteiger partial charge in [-0.2, -0.15) is 0 Å². The Morgan fingerprint density at radius 1 is 1.27 bits per heavy atom. The predicted molar refractivity (Wildman–Crippen MR) is 86.6 cm³/mol. The first kappa shape index (κ1) is 16.8. The summed E-state index contributed by atoms with van der Waals surface area (Å²) >= 11 is 0. The van der Waals surface area contributed by atoms with Crippen molar-refractivity contribution >= 4 is 6.09 Å². The molecule has 1 fully saturated rings. The number of likely N-dealkylation sites (tertiary alicyclic amines) is 1. The maximum Gasteiger partial charge on any atom is 0.410 e. The third-order valence-electron chi connectivity index (χ3n) is 3.64. The lowest BCUT2D eigenvalue weighted by Crippen LogP contribution is -2.43. The van der Waals surface area contributed by atoms with Crippen LogP contribution in [0.2, 0.25) is 0 Å². The summed E-state index contributed by atoms with van der Waals surface area (Å²) in [5.74, 6) is 0.394. The van der Waals surface area contributed by atoms with E-state index in [1.54, 1.807) is 0 Å². The van der Waals surface area contributed by atoms with E-state index in [4.69, 9.17) is 9.47 Å². The molecule has 4 heteroatoms. The van der Waals surface area contributed by atoms with Crippen molar-refractivity contribution in [2.24, 2.45) is 5.92 Å². The van der Waals surface area contributed by atoms with Gasteiger partial charge < -0.3 is 14.4 Å². The van der Waals surface area contributed by atoms with Gasteiger partial charge in [0.25, 0.3) is 0 Å². The average molecular weight is 305 g/mol. The number of amides is 1. The summed E-state index contributed by atoms with van der Waals surface area (Å²) in [6.45, 7) is 8.52. The maximum atomic E-state index is 12.1. The van der Waals surface area contributed by atoms with Crippen molar-refractivity contribution in [3.8, 4) is 0 Å². The van der Waals surface area contributed by atoms with E-state index in [1.807, 2.05) is 43.9 Å². The highest BCUT2D eigenvalue weighted by Gasteiger charge is 2.27. The van der Waals surface area contributed by atoms with Gasteiger partial charge in [-0.3, -0.25) is 0 Å². The number of carbonyl (C=O) groups excluding carboxylic acids is 1. The number of ether oxygens (including phenoxy) is 2. The second kappa shape index (κ2) is 7.63. The van der Waals surface area contributed by atoms with Crippen molar-refractivity contribution < 1.29 is 14.3 Å². The molecule has 1 heterocycles. The predicted octanol–water partition coefficient (Wildman–Crippen LogP) is 3.85. The first-order valence-corrected chi connectivity index (χ1v) is 8.03. The van der Waals surface area contributed by atoms with E-state index in [2.05, 4.69) is 12.1 Å². The zero-order valence-corrected chi connectivity index (χ0v) is 13.9. The minimum absolute atomic E-state index is 0.208. The molecule has 0 radical (unpaired) electrons. The molecule has 4 nitrogen and oxygen atoms in total. The Hall–Kier alpha value is -1.55. The van der Waals surface area contributed by atoms with Gasteiger partial charge in [-0.05, 0) is 39.2 Å². The summed E-state index contributed by atoms with van der Waals surface area (Å²) in [7, 11) is 0. The van der Waals surface area contributed by atoms with E-state index in [9.17, 15) is 4.79 Å². The SMILES string of the molecule is CC(C)(C)OC(=O)N1CCC[C@@H](COCc2ccccc2)C1. The number of rotatable bonds is 4. The summed E-state index contributed by atoms with van der Waals surface area (Å²) in [5, 5.41) is 0. The zero-order valence-electron chi connectivity index (χ0n) is 13.9. The van der Waals surface area contributed by atoms with Crippen molar-refractivity contribution in [1.29, 1.82) is 0 Å². The van der Waals surface area contributed by atoms with Gasteiger partial charge in [-0.25, -0.2) is 4.79 Å². The van der Waals surface area contributed by atoms with Crippen LogP contribution in [0, 0.1) is 5.92 Å². The summed E-state index contributed by atoms with van der Waals surface area (Å²) in [4.78, 5) is 13.9. The highest BCUT2D eigenvalue weighted by Crippen LogP contribution is 2.20. The zero-order chi connectivity index (χ0) is 16.0. The quantitative estimate of drug-likeness (QED) is 0.848. The highest BCUT2D eigenvalue weighted by atomic mass is 16.6. The minimum Gasteiger partial charge on any atom is -0.444 e. The van der Waals surface area contributed by atoms with Crippen LogP contribution < -0.4 is 0 Å². The molecule has 1 atom stereocenters. The van der Waals surface area contributed by atoms with E-state index < -0.39 is 5.60 Å². The lowest BCUT2D eigenvalue weighted by atomic mass is 9.99. The van der Waals surface area contributed by atoms with E-state index in [0.717, 1.165) is 25.9 Å². The van der Waals surface area contributed by atoms with Gasteiger partial charge in [0.1, 0.15) is 5.60 Å². The van der Waals surface area contributed by atoms with Crippen LogP contribution in [0.1, 0.15) is 39.2 Å². The molecule has 0 unspecified atom stereocenters. The van der Waals surface area contributed by atoms with Gasteiger partial charge in [0.05, 0.1) is 13.2 Å². The molecule has 22 heavy (non-hydrogen) atoms. The Kier molecular flexibility index (Phi) is 5.83. The number of hydrogen-bond acceptors (Lipinski definition) is 3. The summed E-state index contributed by atoms with van der Waals surface area (Å²) < 4.78 is 11.3. The Morgan fingerprint density at radius 2 is 2.00 bits per heavy atom. The van der Waals surface area contributed by atoms with Crippen LogP contribution in [0.25, 0.3) is 0 Å². The van der Waals surface area contributed by atoms with Gasteiger partial charge in [0, 0.05) is 19.0 Å². The molecule has 0 aromatic heterocycles. The Bertz CT molecular complexity index is 467. The highest BCUT2D eigenvalue weighted by molar-refractivity contribution is 5.68. The second-order valence-corrected chi connectivity index (χ2v) is 6.94. The fourth-order valence-corrected chi connectivity index (χ4v) is 2.61. The lowest BCUT2D eigenvalue weighted by molar-refractivity contribution is 0.00593.